The van der Waals surface area contributed by atoms with E-state index in [9.17, 15) is 0 Å². The monoisotopic (exact) mass is 249 g/mol. The summed E-state index contributed by atoms with van der Waals surface area (Å²) < 4.78 is 5.09. The zero-order valence-electron chi connectivity index (χ0n) is 10.0. The Kier molecular flexibility index (Phi) is 3.87. The summed E-state index contributed by atoms with van der Waals surface area (Å²) >= 11 is 6.04. The highest BCUT2D eigenvalue weighted by Crippen LogP contribution is 2.23. The van der Waals surface area contributed by atoms with Crippen molar-refractivity contribution in [3.05, 3.63) is 58.5 Å². The van der Waals surface area contributed by atoms with Crippen molar-refractivity contribution in [3.8, 4) is 0 Å². The van der Waals surface area contributed by atoms with Crippen molar-refractivity contribution < 1.29 is 4.42 Å². The van der Waals surface area contributed by atoms with E-state index in [2.05, 4.69) is 17.4 Å². The van der Waals surface area contributed by atoms with E-state index in [4.69, 9.17) is 16.0 Å². The molecule has 2 nitrogen and oxygen atoms in total. The number of nitrogens with one attached hydrogen (secondary N) is 1. The molecule has 1 aromatic carbocycles. The maximum atomic E-state index is 6.04. The van der Waals surface area contributed by atoms with Gasteiger partial charge in [0.25, 0.3) is 0 Å². The molecule has 0 saturated heterocycles. The lowest BCUT2D eigenvalue weighted by Gasteiger charge is -2.16. The van der Waals surface area contributed by atoms with Crippen LogP contribution >= 0.6 is 11.6 Å². The molecule has 1 heterocycles. The minimum atomic E-state index is 0.281. The molecule has 0 fully saturated rings. The predicted molar refractivity (Wildman–Crippen MR) is 70.4 cm³/mol. The summed E-state index contributed by atoms with van der Waals surface area (Å²) in [5.74, 6) is 0. The Morgan fingerprint density at radius 3 is 2.76 bits per heavy atom. The zero-order valence-corrected chi connectivity index (χ0v) is 10.8. The number of hydrogen-bond acceptors (Lipinski definition) is 2. The van der Waals surface area contributed by atoms with Crippen LogP contribution in [0.15, 0.2) is 41.2 Å². The topological polar surface area (TPSA) is 25.2 Å². The summed E-state index contributed by atoms with van der Waals surface area (Å²) in [5.41, 5.74) is 3.55. The fourth-order valence-corrected chi connectivity index (χ4v) is 2.03. The molecular weight excluding hydrogens is 234 g/mol. The smallest absolute Gasteiger partial charge is 0.0935 e. The highest BCUT2D eigenvalue weighted by atomic mass is 35.5. The van der Waals surface area contributed by atoms with Crippen LogP contribution in [-0.2, 0) is 6.42 Å². The average molecular weight is 250 g/mol. The number of likely N-dealkylation sites (N-methyl/N-ethyl adjacent to an activating group) is 1. The second-order valence-electron chi connectivity index (χ2n) is 4.19. The van der Waals surface area contributed by atoms with E-state index in [0.29, 0.717) is 0 Å². The van der Waals surface area contributed by atoms with Crippen LogP contribution in [-0.4, -0.2) is 7.05 Å². The first-order valence-corrected chi connectivity index (χ1v) is 6.03. The summed E-state index contributed by atoms with van der Waals surface area (Å²) in [6.45, 7) is 2.02. The molecule has 1 N–H and O–H groups in total. The second kappa shape index (κ2) is 5.39. The quantitative estimate of drug-likeness (QED) is 0.893. The third-order valence-corrected chi connectivity index (χ3v) is 3.38. The average Bonchev–Trinajstić information content (AvgIpc) is 2.82. The van der Waals surface area contributed by atoms with Gasteiger partial charge in [0.05, 0.1) is 12.5 Å². The minimum Gasteiger partial charge on any atom is -0.472 e. The highest BCUT2D eigenvalue weighted by Gasteiger charge is 2.11. The van der Waals surface area contributed by atoms with Crippen LogP contribution in [0, 0.1) is 6.92 Å². The van der Waals surface area contributed by atoms with Crippen molar-refractivity contribution in [1.29, 1.82) is 0 Å². The van der Waals surface area contributed by atoms with Crippen molar-refractivity contribution in [1.82, 2.24) is 5.32 Å². The standard InChI is InChI=1S/C14H16ClNO/c1-10-7-12(3-4-13(10)15)14(16-2)8-11-5-6-17-9-11/h3-7,9,14,16H,8H2,1-2H3. The van der Waals surface area contributed by atoms with Crippen LogP contribution in [0.4, 0.5) is 0 Å². The van der Waals surface area contributed by atoms with Gasteiger partial charge >= 0.3 is 0 Å². The van der Waals surface area contributed by atoms with E-state index in [1.54, 1.807) is 12.5 Å². The summed E-state index contributed by atoms with van der Waals surface area (Å²) in [7, 11) is 1.97. The van der Waals surface area contributed by atoms with Crippen LogP contribution < -0.4 is 5.32 Å². The van der Waals surface area contributed by atoms with E-state index in [-0.39, 0.29) is 6.04 Å². The first-order valence-electron chi connectivity index (χ1n) is 5.65. The number of aryl methyl sites for hydroxylation is 1. The molecule has 0 spiro atoms. The maximum Gasteiger partial charge on any atom is 0.0935 e. The minimum absolute atomic E-state index is 0.281. The third-order valence-electron chi connectivity index (χ3n) is 2.95. The first kappa shape index (κ1) is 12.2. The van der Waals surface area contributed by atoms with Crippen molar-refractivity contribution in [2.24, 2.45) is 0 Å². The van der Waals surface area contributed by atoms with Gasteiger partial charge in [-0.25, -0.2) is 0 Å². The molecule has 0 saturated carbocycles. The van der Waals surface area contributed by atoms with E-state index in [0.717, 1.165) is 17.0 Å². The van der Waals surface area contributed by atoms with Crippen LogP contribution in [0.1, 0.15) is 22.7 Å². The first-order chi connectivity index (χ1) is 8.20. The zero-order chi connectivity index (χ0) is 12.3. The molecule has 0 aliphatic carbocycles. The number of furan rings is 1. The van der Waals surface area contributed by atoms with Crippen molar-refractivity contribution >= 4 is 11.6 Å². The Labute approximate surface area is 107 Å². The number of rotatable bonds is 4. The lowest BCUT2D eigenvalue weighted by molar-refractivity contribution is 0.551. The van der Waals surface area contributed by atoms with Gasteiger partial charge in [-0.2, -0.15) is 0 Å². The molecule has 1 atom stereocenters. The van der Waals surface area contributed by atoms with Gasteiger partial charge in [0, 0.05) is 11.1 Å². The molecule has 3 heteroatoms. The molecule has 1 unspecified atom stereocenters. The van der Waals surface area contributed by atoms with Crippen LogP contribution in [0.5, 0.6) is 0 Å². The SMILES string of the molecule is CNC(Cc1ccoc1)c1ccc(Cl)c(C)c1. The number of hydrogen-bond donors (Lipinski definition) is 1. The molecule has 1 aromatic heterocycles. The fraction of sp³-hybridized carbons (Fsp3) is 0.286. The molecule has 0 aliphatic heterocycles. The van der Waals surface area contributed by atoms with Gasteiger partial charge < -0.3 is 9.73 Å². The lowest BCUT2D eigenvalue weighted by atomic mass is 9.99. The lowest BCUT2D eigenvalue weighted by Crippen LogP contribution is -2.18. The maximum absolute atomic E-state index is 6.04. The predicted octanol–water partition coefficient (Wildman–Crippen LogP) is 3.74. The van der Waals surface area contributed by atoms with Gasteiger partial charge in [-0.05, 0) is 49.2 Å². The Bertz CT molecular complexity index is 479. The van der Waals surface area contributed by atoms with Crippen molar-refractivity contribution in [2.45, 2.75) is 19.4 Å². The number of halogens is 1. The second-order valence-corrected chi connectivity index (χ2v) is 4.59. The Morgan fingerprint density at radius 2 is 2.18 bits per heavy atom. The molecule has 90 valence electrons. The summed E-state index contributed by atoms with van der Waals surface area (Å²) in [6, 6.07) is 8.42. The third kappa shape index (κ3) is 2.90. The molecule has 17 heavy (non-hydrogen) atoms. The Hall–Kier alpha value is -1.25. The van der Waals surface area contributed by atoms with E-state index < -0.39 is 0 Å². The number of benzene rings is 1. The Balaban J connectivity index is 2.20. The molecule has 2 aromatic rings. The van der Waals surface area contributed by atoms with Gasteiger partial charge in [0.15, 0.2) is 0 Å². The van der Waals surface area contributed by atoms with Crippen molar-refractivity contribution in [2.75, 3.05) is 7.05 Å². The van der Waals surface area contributed by atoms with Crippen molar-refractivity contribution in [3.63, 3.8) is 0 Å². The van der Waals surface area contributed by atoms with E-state index >= 15 is 0 Å². The van der Waals surface area contributed by atoms with Gasteiger partial charge in [-0.1, -0.05) is 23.7 Å². The molecule has 0 radical (unpaired) electrons. The summed E-state index contributed by atoms with van der Waals surface area (Å²) in [6.07, 6.45) is 4.40. The molecule has 0 bridgehead atoms. The Morgan fingerprint density at radius 1 is 1.35 bits per heavy atom. The highest BCUT2D eigenvalue weighted by molar-refractivity contribution is 6.31. The van der Waals surface area contributed by atoms with Gasteiger partial charge in [0.1, 0.15) is 0 Å². The van der Waals surface area contributed by atoms with Crippen LogP contribution in [0.25, 0.3) is 0 Å². The molecule has 0 amide bonds. The molecular formula is C14H16ClNO. The van der Waals surface area contributed by atoms with Gasteiger partial charge in [0.2, 0.25) is 0 Å². The largest absolute Gasteiger partial charge is 0.472 e. The van der Waals surface area contributed by atoms with E-state index in [1.807, 2.05) is 26.1 Å². The molecule has 2 rings (SSSR count). The van der Waals surface area contributed by atoms with Crippen LogP contribution in [0.3, 0.4) is 0 Å². The molecule has 0 aliphatic rings. The summed E-state index contributed by atoms with van der Waals surface area (Å²) in [5, 5.41) is 4.13. The van der Waals surface area contributed by atoms with Crippen LogP contribution in [0.2, 0.25) is 5.02 Å². The normalized spacial score (nSPS) is 12.6. The van der Waals surface area contributed by atoms with Gasteiger partial charge in [-0.15, -0.1) is 0 Å². The van der Waals surface area contributed by atoms with Gasteiger partial charge in [-0.3, -0.25) is 0 Å². The van der Waals surface area contributed by atoms with E-state index in [1.165, 1.54) is 11.1 Å². The fourth-order valence-electron chi connectivity index (χ4n) is 1.92. The summed E-state index contributed by atoms with van der Waals surface area (Å²) in [4.78, 5) is 0.